The van der Waals surface area contributed by atoms with Crippen LogP contribution in [0.1, 0.15) is 59.1 Å². The normalized spacial score (nSPS) is 13.5. The molecule has 2 N–H and O–H groups in total. The SMILES string of the molecule is C=CC(=O)NCNC(=O)C=C.CC(C)C(c1ccccc1)N(OC(CC(CC(CI)C(=O)N(C)C)C(=O)N(C)C)C(=O)N(C)C)C(C)(C)C. The molecule has 4 atom stereocenters. The molecule has 49 heavy (non-hydrogen) atoms. The van der Waals surface area contributed by atoms with Gasteiger partial charge in [0.2, 0.25) is 23.6 Å². The highest BCUT2D eigenvalue weighted by atomic mass is 127. The van der Waals surface area contributed by atoms with E-state index in [9.17, 15) is 24.0 Å². The lowest BCUT2D eigenvalue weighted by Crippen LogP contribution is -2.51. The van der Waals surface area contributed by atoms with Crippen molar-refractivity contribution >= 4 is 52.1 Å². The predicted molar refractivity (Wildman–Crippen MR) is 203 cm³/mol. The summed E-state index contributed by atoms with van der Waals surface area (Å²) >= 11 is 2.20. The van der Waals surface area contributed by atoms with Crippen LogP contribution in [-0.4, -0.2) is 114 Å². The lowest BCUT2D eigenvalue weighted by atomic mass is 9.88. The maximum atomic E-state index is 13.5. The Morgan fingerprint density at radius 2 is 1.22 bits per heavy atom. The Labute approximate surface area is 307 Å². The average molecular weight is 799 g/mol. The zero-order valence-electron chi connectivity index (χ0n) is 31.3. The van der Waals surface area contributed by atoms with Crippen molar-refractivity contribution in [3.05, 3.63) is 61.2 Å². The maximum absolute atomic E-state index is 13.5. The monoisotopic (exact) mass is 798 g/mol. The Morgan fingerprint density at radius 1 is 0.776 bits per heavy atom. The zero-order valence-corrected chi connectivity index (χ0v) is 33.4. The van der Waals surface area contributed by atoms with Crippen LogP contribution in [0.15, 0.2) is 55.6 Å². The molecular weight excluding hydrogens is 739 g/mol. The predicted octanol–water partition coefficient (Wildman–Crippen LogP) is 4.04. The molecular formula is C36H59IN6O6. The maximum Gasteiger partial charge on any atom is 0.253 e. The van der Waals surface area contributed by atoms with E-state index in [1.165, 1.54) is 9.80 Å². The summed E-state index contributed by atoms with van der Waals surface area (Å²) in [5.74, 6) is -1.70. The van der Waals surface area contributed by atoms with Gasteiger partial charge in [-0.05, 0) is 57.2 Å². The van der Waals surface area contributed by atoms with Gasteiger partial charge in [-0.3, -0.25) is 28.8 Å². The molecule has 0 fully saturated rings. The van der Waals surface area contributed by atoms with Crippen molar-refractivity contribution in [1.82, 2.24) is 30.4 Å². The summed E-state index contributed by atoms with van der Waals surface area (Å²) in [5, 5.41) is 6.65. The van der Waals surface area contributed by atoms with Crippen molar-refractivity contribution in [3.63, 3.8) is 0 Å². The molecule has 0 saturated heterocycles. The number of rotatable bonds is 17. The van der Waals surface area contributed by atoms with Crippen molar-refractivity contribution in [2.75, 3.05) is 53.4 Å². The molecule has 0 spiro atoms. The van der Waals surface area contributed by atoms with E-state index < -0.39 is 17.6 Å². The average Bonchev–Trinajstić information content (AvgIpc) is 3.04. The second-order valence-corrected chi connectivity index (χ2v) is 14.5. The van der Waals surface area contributed by atoms with E-state index in [2.05, 4.69) is 93.1 Å². The lowest BCUT2D eigenvalue weighted by molar-refractivity contribution is -0.272. The summed E-state index contributed by atoms with van der Waals surface area (Å²) in [7, 11) is 10.3. The zero-order chi connectivity index (χ0) is 38.1. The first kappa shape index (κ1) is 45.7. The van der Waals surface area contributed by atoms with Crippen LogP contribution in [0.2, 0.25) is 0 Å². The molecule has 0 aliphatic heterocycles. The molecule has 1 rings (SSSR count). The standard InChI is InChI=1S/C29H49IN4O4.C7H10N2O2/c1-20(2)25(21-15-13-12-14-16-21)34(29(3,4)5)38-24(28(37)33(10)11)18-22(26(35)31(6)7)17-23(19-30)27(36)32(8)9;1-3-6(10)8-5-9-7(11)4-2/h12-16,20,22-25H,17-19H2,1-11H3;3-4H,1-2,5H2,(H,8,10)(H,9,11). The van der Waals surface area contributed by atoms with Crippen LogP contribution in [0, 0.1) is 17.8 Å². The van der Waals surface area contributed by atoms with Gasteiger partial charge in [0.15, 0.2) is 6.10 Å². The highest BCUT2D eigenvalue weighted by Crippen LogP contribution is 2.36. The van der Waals surface area contributed by atoms with Crippen LogP contribution in [0.25, 0.3) is 0 Å². The highest BCUT2D eigenvalue weighted by molar-refractivity contribution is 14.1. The molecule has 0 aromatic heterocycles. The topological polar surface area (TPSA) is 132 Å². The van der Waals surface area contributed by atoms with Crippen LogP contribution in [-0.2, 0) is 28.8 Å². The van der Waals surface area contributed by atoms with Crippen molar-refractivity contribution < 1.29 is 28.8 Å². The van der Waals surface area contributed by atoms with Crippen LogP contribution >= 0.6 is 22.6 Å². The van der Waals surface area contributed by atoms with Gasteiger partial charge in [-0.25, -0.2) is 0 Å². The van der Waals surface area contributed by atoms with Crippen LogP contribution < -0.4 is 10.6 Å². The Kier molecular flexibility index (Phi) is 20.9. The highest BCUT2D eigenvalue weighted by Gasteiger charge is 2.40. The van der Waals surface area contributed by atoms with Gasteiger partial charge in [0, 0.05) is 64.1 Å². The molecule has 276 valence electrons. The summed E-state index contributed by atoms with van der Waals surface area (Å²) in [6.07, 6.45) is 1.88. The number of amides is 5. The number of likely N-dealkylation sites (N-methyl/N-ethyl adjacent to an activating group) is 1. The minimum Gasteiger partial charge on any atom is -0.349 e. The van der Waals surface area contributed by atoms with Gasteiger partial charge in [-0.2, -0.15) is 5.06 Å². The number of benzene rings is 1. The minimum absolute atomic E-state index is 0.0207. The fourth-order valence-electron chi connectivity index (χ4n) is 4.92. The third-order valence-corrected chi connectivity index (χ3v) is 8.44. The molecule has 0 radical (unpaired) electrons. The molecule has 5 amide bonds. The molecule has 0 aliphatic carbocycles. The number of nitrogens with zero attached hydrogens (tertiary/aromatic N) is 4. The van der Waals surface area contributed by atoms with Crippen molar-refractivity contribution in [2.24, 2.45) is 17.8 Å². The van der Waals surface area contributed by atoms with E-state index in [1.54, 1.807) is 47.2 Å². The van der Waals surface area contributed by atoms with Crippen molar-refractivity contribution in [3.8, 4) is 0 Å². The summed E-state index contributed by atoms with van der Waals surface area (Å²) in [5.41, 5.74) is 0.651. The number of nitrogens with one attached hydrogen (secondary N) is 2. The van der Waals surface area contributed by atoms with Gasteiger partial charge in [0.1, 0.15) is 0 Å². The Hall–Kier alpha value is -3.30. The summed E-state index contributed by atoms with van der Waals surface area (Å²) in [6, 6.07) is 10.0. The first-order valence-corrected chi connectivity index (χ1v) is 17.8. The number of alkyl halides is 1. The molecule has 1 aromatic rings. The van der Waals surface area contributed by atoms with Crippen LogP contribution in [0.3, 0.4) is 0 Å². The molecule has 13 heteroatoms. The lowest BCUT2D eigenvalue weighted by Gasteiger charge is -2.44. The third kappa shape index (κ3) is 16.3. The van der Waals surface area contributed by atoms with Crippen LogP contribution in [0.5, 0.6) is 0 Å². The fourth-order valence-corrected chi connectivity index (χ4v) is 5.66. The number of hydrogen-bond donors (Lipinski definition) is 2. The summed E-state index contributed by atoms with van der Waals surface area (Å²) in [4.78, 5) is 72.0. The summed E-state index contributed by atoms with van der Waals surface area (Å²) in [6.45, 7) is 17.0. The number of carbonyl (C=O) groups is 5. The minimum atomic E-state index is -0.896. The van der Waals surface area contributed by atoms with E-state index >= 15 is 0 Å². The molecule has 12 nitrogen and oxygen atoms in total. The van der Waals surface area contributed by atoms with E-state index in [0.29, 0.717) is 10.8 Å². The second-order valence-electron chi connectivity index (χ2n) is 13.6. The van der Waals surface area contributed by atoms with Gasteiger partial charge < -0.3 is 25.3 Å². The van der Waals surface area contributed by atoms with Gasteiger partial charge >= 0.3 is 0 Å². The molecule has 1 aromatic carbocycles. The number of halogens is 1. The third-order valence-electron chi connectivity index (χ3n) is 7.37. The van der Waals surface area contributed by atoms with Crippen molar-refractivity contribution in [1.29, 1.82) is 0 Å². The van der Waals surface area contributed by atoms with E-state index in [-0.39, 0.29) is 60.5 Å². The van der Waals surface area contributed by atoms with Gasteiger partial charge in [-0.15, -0.1) is 0 Å². The van der Waals surface area contributed by atoms with E-state index in [4.69, 9.17) is 4.84 Å². The first-order valence-electron chi connectivity index (χ1n) is 16.2. The van der Waals surface area contributed by atoms with Gasteiger partial charge in [-0.1, -0.05) is 79.9 Å². The number of carbonyl (C=O) groups excluding carboxylic acids is 5. The first-order chi connectivity index (χ1) is 22.7. The van der Waals surface area contributed by atoms with Gasteiger partial charge in [0.05, 0.1) is 12.7 Å². The summed E-state index contributed by atoms with van der Waals surface area (Å²) < 4.78 is 0.580. The second kappa shape index (κ2) is 22.4. The molecule has 0 aliphatic rings. The molecule has 4 unspecified atom stereocenters. The number of hydrogen-bond acceptors (Lipinski definition) is 7. The largest absolute Gasteiger partial charge is 0.349 e. The smallest absolute Gasteiger partial charge is 0.253 e. The van der Waals surface area contributed by atoms with E-state index in [0.717, 1.165) is 17.7 Å². The van der Waals surface area contributed by atoms with Gasteiger partial charge in [0.25, 0.3) is 5.91 Å². The van der Waals surface area contributed by atoms with Crippen LogP contribution in [0.4, 0.5) is 0 Å². The molecule has 0 bridgehead atoms. The Morgan fingerprint density at radius 3 is 1.59 bits per heavy atom. The van der Waals surface area contributed by atoms with Crippen molar-refractivity contribution in [2.45, 2.75) is 65.1 Å². The van der Waals surface area contributed by atoms with E-state index in [1.807, 2.05) is 23.3 Å². The Balaban J connectivity index is 0.00000178. The number of hydroxylamine groups is 2. The molecule has 0 saturated carbocycles. The Bertz CT molecular complexity index is 1210. The quantitative estimate of drug-likeness (QED) is 0.0801. The fraction of sp³-hybridized carbons (Fsp3) is 0.583. The molecule has 0 heterocycles.